The lowest BCUT2D eigenvalue weighted by atomic mass is 9.88. The van der Waals surface area contributed by atoms with Gasteiger partial charge >= 0.3 is 36.5 Å². The highest BCUT2D eigenvalue weighted by atomic mass is 19.4. The summed E-state index contributed by atoms with van der Waals surface area (Å²) in [4.78, 5) is 184. The number of nitrogens with one attached hydrogen (secondary N) is 8. The third kappa shape index (κ3) is 18.8. The number of rotatable bonds is 23. The molecule has 0 radical (unpaired) electrons. The lowest BCUT2D eigenvalue weighted by Gasteiger charge is -2.31. The molecule has 20 rings (SSSR count). The molecule has 16 amide bonds. The first-order valence-corrected chi connectivity index (χ1v) is 42.8. The summed E-state index contributed by atoms with van der Waals surface area (Å²) in [6, 6.07) is 48.9. The second kappa shape index (κ2) is 37.7. The van der Waals surface area contributed by atoms with Crippen molar-refractivity contribution in [1.82, 2.24) is 92.0 Å². The van der Waals surface area contributed by atoms with Gasteiger partial charge in [0.15, 0.2) is 28.8 Å². The number of ether oxygens (including phenoxy) is 5. The Balaban J connectivity index is 0.000000128. The number of pyridine rings is 2. The Hall–Kier alpha value is -17.6. The largest absolute Gasteiger partial charge is 0.497 e. The van der Waals surface area contributed by atoms with Gasteiger partial charge in [-0.2, -0.15) is 26.3 Å². The summed E-state index contributed by atoms with van der Waals surface area (Å²) in [7, 11) is 4.61. The van der Waals surface area contributed by atoms with Gasteiger partial charge in [0.05, 0.1) is 95.4 Å². The predicted molar refractivity (Wildman–Crippen MR) is 480 cm³/mol. The Morgan fingerprint density at radius 2 is 0.655 bits per heavy atom. The SMILES string of the molecule is CCOc1ccc2c(c1)C(=O)N(C[C@@]1(c3ccc(-c4cnccn4)cc3)NC(=O)NC1=O)C2.COc1ccc2c(c1)C(=O)N(C[C@@]1(c3ccc(-c4ccc(C(F)(F)F)cn4)cc3)NC(=O)NC1=O)C2.COc1cncc(-c2ccc([C@]3(CN4Cc5ccc(OC)cc5C4=O)NC(=O)NC3=O)cc2)c1.O=C1NC(=O)[C@](CN2Cc3ccc(OCC(F)(F)F)cc3C2=O)(c2ccc(-c3cnccn3)cc2)N1. The van der Waals surface area contributed by atoms with Crippen molar-refractivity contribution in [2.45, 2.75) is 67.6 Å². The molecule has 0 saturated carbocycles. The van der Waals surface area contributed by atoms with E-state index in [1.807, 2.05) is 55.5 Å². The third-order valence-corrected chi connectivity index (χ3v) is 24.4. The van der Waals surface area contributed by atoms with E-state index in [1.165, 1.54) is 48.3 Å². The number of carbonyl (C=O) groups excluding carboxylic acids is 12. The van der Waals surface area contributed by atoms with Gasteiger partial charge < -0.3 is 64.6 Å². The fraction of sp³-hybridized carbons (Fsp3) is 0.204. The Labute approximate surface area is 785 Å². The molecule has 12 aromatic rings. The first-order valence-electron chi connectivity index (χ1n) is 42.8. The second-order valence-corrected chi connectivity index (χ2v) is 33.0. The average Bonchev–Trinajstić information content (AvgIpc) is 1.61. The molecular weight excluding hydrogens is 1820 g/mol. The number of halogens is 6. The van der Waals surface area contributed by atoms with Crippen molar-refractivity contribution in [3.05, 3.63) is 316 Å². The van der Waals surface area contributed by atoms with Crippen LogP contribution in [0.3, 0.4) is 0 Å². The number of hydrogen-bond donors (Lipinski definition) is 8. The van der Waals surface area contributed by atoms with Crippen LogP contribution in [0.5, 0.6) is 28.7 Å². The number of benzene rings is 8. The number of amides is 16. The van der Waals surface area contributed by atoms with Crippen LogP contribution >= 0.6 is 0 Å². The predicted octanol–water partition coefficient (Wildman–Crippen LogP) is 10.9. The summed E-state index contributed by atoms with van der Waals surface area (Å²) >= 11 is 0. The van der Waals surface area contributed by atoms with E-state index < -0.39 is 100 Å². The van der Waals surface area contributed by atoms with Gasteiger partial charge in [-0.1, -0.05) is 121 Å². The monoisotopic (exact) mass is 1890 g/mol. The van der Waals surface area contributed by atoms with Crippen LogP contribution in [0, 0.1) is 0 Å². The van der Waals surface area contributed by atoms with Crippen molar-refractivity contribution < 1.29 is 108 Å². The van der Waals surface area contributed by atoms with Crippen LogP contribution in [-0.2, 0) is 73.7 Å². The molecule has 4 aromatic heterocycles. The van der Waals surface area contributed by atoms with Crippen LogP contribution in [0.4, 0.5) is 45.5 Å². The zero-order chi connectivity index (χ0) is 98.0. The van der Waals surface area contributed by atoms with Gasteiger partial charge in [-0.15, -0.1) is 0 Å². The number of alkyl halides is 6. The van der Waals surface area contributed by atoms with Crippen molar-refractivity contribution >= 4 is 71.4 Å². The molecule has 41 heteroatoms. The van der Waals surface area contributed by atoms with E-state index in [0.29, 0.717) is 110 Å². The second-order valence-electron chi connectivity index (χ2n) is 33.0. The van der Waals surface area contributed by atoms with Crippen molar-refractivity contribution in [1.29, 1.82) is 0 Å². The number of carbonyl (C=O) groups is 12. The Morgan fingerprint density at radius 1 is 0.324 bits per heavy atom. The van der Waals surface area contributed by atoms with E-state index in [9.17, 15) is 83.9 Å². The Kier molecular flexibility index (Phi) is 25.3. The van der Waals surface area contributed by atoms with Gasteiger partial charge in [0.25, 0.3) is 47.3 Å². The molecule has 0 spiro atoms. The lowest BCUT2D eigenvalue weighted by Crippen LogP contribution is -2.52. The van der Waals surface area contributed by atoms with E-state index in [-0.39, 0.29) is 68.3 Å². The summed E-state index contributed by atoms with van der Waals surface area (Å²) in [5, 5.41) is 19.9. The molecule has 12 heterocycles. The maximum Gasteiger partial charge on any atom is 0.422 e. The average molecular weight is 1900 g/mol. The number of urea groups is 4. The number of methoxy groups -OCH3 is 3. The van der Waals surface area contributed by atoms with E-state index in [1.54, 1.807) is 176 Å². The highest BCUT2D eigenvalue weighted by Gasteiger charge is 2.55. The fourth-order valence-corrected chi connectivity index (χ4v) is 17.4. The molecule has 0 aliphatic carbocycles. The molecule has 8 N–H and O–H groups in total. The first-order chi connectivity index (χ1) is 66.7. The molecule has 4 saturated heterocycles. The molecule has 139 heavy (non-hydrogen) atoms. The van der Waals surface area contributed by atoms with Gasteiger partial charge in [0.2, 0.25) is 0 Å². The zero-order valence-electron chi connectivity index (χ0n) is 73.8. The number of imide groups is 4. The van der Waals surface area contributed by atoms with Gasteiger partial charge in [0, 0.05) is 108 Å². The normalized spacial score (nSPS) is 19.2. The Bertz CT molecular complexity index is 6920. The molecular formula is C98H80F6N18O17. The van der Waals surface area contributed by atoms with Gasteiger partial charge in [0.1, 0.15) is 28.7 Å². The number of fused-ring (bicyclic) bond motifs is 4. The van der Waals surface area contributed by atoms with E-state index in [0.717, 1.165) is 51.2 Å². The van der Waals surface area contributed by atoms with Gasteiger partial charge in [-0.05, 0) is 124 Å². The maximum atomic E-state index is 13.2. The minimum atomic E-state index is -4.52. The lowest BCUT2D eigenvalue weighted by molar-refractivity contribution is -0.153. The van der Waals surface area contributed by atoms with E-state index >= 15 is 0 Å². The van der Waals surface area contributed by atoms with Crippen molar-refractivity contribution in [2.24, 2.45) is 0 Å². The molecule has 0 unspecified atom stereocenters. The first kappa shape index (κ1) is 93.3. The molecule has 8 aromatic carbocycles. The van der Waals surface area contributed by atoms with Crippen molar-refractivity contribution in [2.75, 3.05) is 60.7 Å². The molecule has 4 fully saturated rings. The summed E-state index contributed by atoms with van der Waals surface area (Å²) in [5.74, 6) is -1.22. The minimum Gasteiger partial charge on any atom is -0.497 e. The zero-order valence-corrected chi connectivity index (χ0v) is 73.8. The summed E-state index contributed by atoms with van der Waals surface area (Å²) in [5.41, 5.74) is 5.31. The van der Waals surface area contributed by atoms with Crippen LogP contribution in [-0.4, -0.2) is 188 Å². The molecule has 8 aliphatic heterocycles. The van der Waals surface area contributed by atoms with Crippen molar-refractivity contribution in [3.8, 4) is 73.6 Å². The fourth-order valence-electron chi connectivity index (χ4n) is 17.4. The molecule has 0 bridgehead atoms. The summed E-state index contributed by atoms with van der Waals surface area (Å²) in [6.07, 6.45) is 4.58. The topological polar surface area (TPSA) is 438 Å². The standard InChI is InChI=1S/C25H19F3N4O4.C25H22N4O5.C24H18F3N5O4.C24H21N5O4/c1-36-18-8-4-15-12-32(21(33)19(15)10-18)13-24(22(34)30-23(35)31-24)16-5-2-14(3-6-16)20-9-7-17(11-29-20)25(26,27)28;1-33-19-8-5-16-13-29(22(30)21(16)10-19)14-25(23(31)27-24(32)28-25)18-6-3-15(4-7-18)17-9-20(34-2)12-26-11-17;25-24(26,27)13-36-17-6-3-15-11-32(20(33)18(15)9-17)12-23(21(34)30-22(35)31-23)16-4-1-14(2-5-16)19-10-28-7-8-29-19;1-2-33-18-8-5-16-13-29(21(30)19(16)11-18)14-24(22(31)27-23(32)28-24)17-6-3-15(4-7-17)20-12-25-9-10-26-20/h2-11H,12-13H2,1H3,(H2,30,31,34,35);3-12H,13-14H2,1-2H3,(H2,27,28,31,32);1-10H,11-13H2,(H2,30,31,34,35);3-12H,2,13-14H2,1H3,(H2,27,28,31,32)/t24-;25-;23-;24-/m0000/s1. The Morgan fingerprint density at radius 3 is 0.950 bits per heavy atom. The van der Waals surface area contributed by atoms with Crippen LogP contribution in [0.2, 0.25) is 0 Å². The molecule has 8 aliphatic rings. The van der Waals surface area contributed by atoms with Crippen LogP contribution < -0.4 is 66.2 Å². The van der Waals surface area contributed by atoms with E-state index in [4.69, 9.17) is 23.7 Å². The highest BCUT2D eigenvalue weighted by Crippen LogP contribution is 2.42. The van der Waals surface area contributed by atoms with Gasteiger partial charge in [-0.25, -0.2) is 19.2 Å². The van der Waals surface area contributed by atoms with Gasteiger partial charge in [-0.3, -0.25) is 89.5 Å². The molecule has 4 atom stereocenters. The summed E-state index contributed by atoms with van der Waals surface area (Å²) < 4.78 is 102. The van der Waals surface area contributed by atoms with Crippen molar-refractivity contribution in [3.63, 3.8) is 0 Å². The summed E-state index contributed by atoms with van der Waals surface area (Å²) in [6.45, 7) is 1.57. The third-order valence-electron chi connectivity index (χ3n) is 24.4. The maximum absolute atomic E-state index is 13.2. The number of nitrogens with zero attached hydrogens (tertiary/aromatic N) is 10. The smallest absolute Gasteiger partial charge is 0.422 e. The molecule has 706 valence electrons. The van der Waals surface area contributed by atoms with E-state index in [2.05, 4.69) is 72.4 Å². The minimum absolute atomic E-state index is 0.00740. The quantitative estimate of drug-likeness (QED) is 0.0218. The van der Waals surface area contributed by atoms with Crippen LogP contribution in [0.1, 0.15) is 98.4 Å². The number of hydrogen-bond acceptors (Lipinski definition) is 23. The van der Waals surface area contributed by atoms with Crippen LogP contribution in [0.25, 0.3) is 44.9 Å². The molecule has 35 nitrogen and oxygen atoms in total. The number of aromatic nitrogens is 6. The highest BCUT2D eigenvalue weighted by molar-refractivity contribution is 6.12. The van der Waals surface area contributed by atoms with Crippen LogP contribution in [0.15, 0.2) is 244 Å².